The molecule has 3 aromatic rings. The van der Waals surface area contributed by atoms with E-state index in [1.54, 1.807) is 30.3 Å². The van der Waals surface area contributed by atoms with Gasteiger partial charge in [0.25, 0.3) is 5.91 Å². The number of hydrogen-bond donors (Lipinski definition) is 1. The van der Waals surface area contributed by atoms with E-state index in [9.17, 15) is 13.6 Å². The Kier molecular flexibility index (Phi) is 4.60. The summed E-state index contributed by atoms with van der Waals surface area (Å²) in [6, 6.07) is 12.2. The molecule has 1 aromatic heterocycles. The Balaban J connectivity index is 1.61. The van der Waals surface area contributed by atoms with Gasteiger partial charge in [0.1, 0.15) is 11.6 Å². The molecule has 0 saturated carbocycles. The second kappa shape index (κ2) is 6.99. The number of carbonyl (C=O) groups is 1. The van der Waals surface area contributed by atoms with Crippen LogP contribution in [0.5, 0.6) is 0 Å². The average molecular weight is 328 g/mol. The summed E-state index contributed by atoms with van der Waals surface area (Å²) in [6.07, 6.45) is 1.49. The topological polar surface area (TPSA) is 59.8 Å². The molecule has 0 aliphatic heterocycles. The molecule has 3 rings (SSSR count). The van der Waals surface area contributed by atoms with Gasteiger partial charge in [0.05, 0.1) is 12.7 Å². The minimum Gasteiger partial charge on any atom is -0.346 e. The highest BCUT2D eigenvalue weighted by molar-refractivity contribution is 5.91. The van der Waals surface area contributed by atoms with Gasteiger partial charge in [0.15, 0.2) is 5.69 Å². The first-order valence-electron chi connectivity index (χ1n) is 7.28. The van der Waals surface area contributed by atoms with Crippen LogP contribution in [-0.4, -0.2) is 20.9 Å². The number of nitrogens with one attached hydrogen (secondary N) is 1. The Labute approximate surface area is 136 Å². The third-order valence-corrected chi connectivity index (χ3v) is 3.43. The molecule has 0 saturated heterocycles. The van der Waals surface area contributed by atoms with Crippen molar-refractivity contribution in [2.75, 3.05) is 0 Å². The lowest BCUT2D eigenvalue weighted by molar-refractivity contribution is 0.0945. The van der Waals surface area contributed by atoms with E-state index in [1.807, 2.05) is 0 Å². The van der Waals surface area contributed by atoms with Gasteiger partial charge < -0.3 is 5.32 Å². The molecular formula is C17H14F2N4O. The third-order valence-electron chi connectivity index (χ3n) is 3.43. The second-order valence-corrected chi connectivity index (χ2v) is 5.20. The number of amides is 1. The van der Waals surface area contributed by atoms with Crippen LogP contribution in [0.2, 0.25) is 0 Å². The normalized spacial score (nSPS) is 10.6. The van der Waals surface area contributed by atoms with Gasteiger partial charge in [-0.3, -0.25) is 4.79 Å². The van der Waals surface area contributed by atoms with Crippen LogP contribution in [0, 0.1) is 11.6 Å². The third kappa shape index (κ3) is 3.81. The summed E-state index contributed by atoms with van der Waals surface area (Å²) in [5, 5.41) is 10.3. The SMILES string of the molecule is O=C(NCc1ccccc1F)c1cn(Cc2ccc(F)cc2)nn1. The Morgan fingerprint density at radius 1 is 1.08 bits per heavy atom. The van der Waals surface area contributed by atoms with E-state index in [0.29, 0.717) is 12.1 Å². The van der Waals surface area contributed by atoms with Crippen LogP contribution in [0.4, 0.5) is 8.78 Å². The fourth-order valence-electron chi connectivity index (χ4n) is 2.16. The molecule has 122 valence electrons. The maximum absolute atomic E-state index is 13.5. The van der Waals surface area contributed by atoms with Gasteiger partial charge >= 0.3 is 0 Å². The molecule has 0 bridgehead atoms. The number of aromatic nitrogens is 3. The van der Waals surface area contributed by atoms with Crippen LogP contribution in [0.25, 0.3) is 0 Å². The van der Waals surface area contributed by atoms with Crippen LogP contribution >= 0.6 is 0 Å². The van der Waals surface area contributed by atoms with E-state index in [4.69, 9.17) is 0 Å². The molecule has 0 aliphatic rings. The number of benzene rings is 2. The molecule has 0 atom stereocenters. The lowest BCUT2D eigenvalue weighted by atomic mass is 10.2. The molecule has 2 aromatic carbocycles. The summed E-state index contributed by atoms with van der Waals surface area (Å²) in [6.45, 7) is 0.435. The molecular weight excluding hydrogens is 314 g/mol. The fourth-order valence-corrected chi connectivity index (χ4v) is 2.16. The number of carbonyl (C=O) groups excluding carboxylic acids is 1. The maximum Gasteiger partial charge on any atom is 0.273 e. The summed E-state index contributed by atoms with van der Waals surface area (Å²) >= 11 is 0. The lowest BCUT2D eigenvalue weighted by Crippen LogP contribution is -2.23. The van der Waals surface area contributed by atoms with Crippen LogP contribution in [0.15, 0.2) is 54.7 Å². The molecule has 0 fully saturated rings. The van der Waals surface area contributed by atoms with Crippen LogP contribution in [-0.2, 0) is 13.1 Å². The summed E-state index contributed by atoms with van der Waals surface area (Å²) in [5.41, 5.74) is 1.36. The Hall–Kier alpha value is -3.09. The molecule has 0 aliphatic carbocycles. The molecule has 5 nitrogen and oxygen atoms in total. The van der Waals surface area contributed by atoms with Gasteiger partial charge in [-0.2, -0.15) is 0 Å². The standard InChI is InChI=1S/C17H14F2N4O/c18-14-7-5-12(6-8-14)10-23-11-16(21-22-23)17(24)20-9-13-3-1-2-4-15(13)19/h1-8,11H,9-10H2,(H,20,24). The molecule has 7 heteroatoms. The smallest absolute Gasteiger partial charge is 0.273 e. The van der Waals surface area contributed by atoms with Crippen molar-refractivity contribution in [3.63, 3.8) is 0 Å². The molecule has 0 radical (unpaired) electrons. The second-order valence-electron chi connectivity index (χ2n) is 5.20. The van der Waals surface area contributed by atoms with Gasteiger partial charge in [-0.1, -0.05) is 35.5 Å². The molecule has 0 spiro atoms. The lowest BCUT2D eigenvalue weighted by Gasteiger charge is -2.04. The van der Waals surface area contributed by atoms with E-state index in [2.05, 4.69) is 15.6 Å². The number of halogens is 2. The summed E-state index contributed by atoms with van der Waals surface area (Å²) in [7, 11) is 0. The predicted molar refractivity (Wildman–Crippen MR) is 83.1 cm³/mol. The minimum absolute atomic E-state index is 0.0658. The Bertz CT molecular complexity index is 846. The quantitative estimate of drug-likeness (QED) is 0.783. The van der Waals surface area contributed by atoms with Gasteiger partial charge in [0.2, 0.25) is 0 Å². The number of nitrogens with zero attached hydrogens (tertiary/aromatic N) is 3. The van der Waals surface area contributed by atoms with Crippen molar-refractivity contribution >= 4 is 5.91 Å². The fraction of sp³-hybridized carbons (Fsp3) is 0.118. The van der Waals surface area contributed by atoms with Crippen LogP contribution in [0.3, 0.4) is 0 Å². The van der Waals surface area contributed by atoms with Gasteiger partial charge in [-0.25, -0.2) is 13.5 Å². The summed E-state index contributed by atoms with van der Waals surface area (Å²) in [4.78, 5) is 12.0. The van der Waals surface area contributed by atoms with E-state index >= 15 is 0 Å². The van der Waals surface area contributed by atoms with Crippen LogP contribution in [0.1, 0.15) is 21.6 Å². The van der Waals surface area contributed by atoms with E-state index < -0.39 is 5.91 Å². The average Bonchev–Trinajstić information content (AvgIpc) is 3.05. The molecule has 1 heterocycles. The van der Waals surface area contributed by atoms with Crippen molar-refractivity contribution < 1.29 is 13.6 Å². The highest BCUT2D eigenvalue weighted by Gasteiger charge is 2.11. The van der Waals surface area contributed by atoms with Crippen molar-refractivity contribution in [3.05, 3.63) is 83.2 Å². The van der Waals surface area contributed by atoms with Crippen molar-refractivity contribution in [2.45, 2.75) is 13.1 Å². The molecule has 1 N–H and O–H groups in total. The van der Waals surface area contributed by atoms with Crippen molar-refractivity contribution in [1.29, 1.82) is 0 Å². The first-order valence-corrected chi connectivity index (χ1v) is 7.28. The van der Waals surface area contributed by atoms with Crippen molar-refractivity contribution in [2.24, 2.45) is 0 Å². The zero-order valence-corrected chi connectivity index (χ0v) is 12.6. The zero-order chi connectivity index (χ0) is 16.9. The number of rotatable bonds is 5. The van der Waals surface area contributed by atoms with Crippen molar-refractivity contribution in [3.8, 4) is 0 Å². The molecule has 1 amide bonds. The Morgan fingerprint density at radius 2 is 1.83 bits per heavy atom. The first-order chi connectivity index (χ1) is 11.6. The minimum atomic E-state index is -0.441. The van der Waals surface area contributed by atoms with Crippen molar-refractivity contribution in [1.82, 2.24) is 20.3 Å². The van der Waals surface area contributed by atoms with E-state index in [1.165, 1.54) is 29.1 Å². The number of hydrogen-bond acceptors (Lipinski definition) is 3. The zero-order valence-electron chi connectivity index (χ0n) is 12.6. The van der Waals surface area contributed by atoms with Gasteiger partial charge in [0, 0.05) is 12.1 Å². The van der Waals surface area contributed by atoms with Crippen LogP contribution < -0.4 is 5.32 Å². The van der Waals surface area contributed by atoms with Gasteiger partial charge in [-0.05, 0) is 23.8 Å². The molecule has 0 unspecified atom stereocenters. The summed E-state index contributed by atoms with van der Waals surface area (Å²) < 4.78 is 27.9. The first kappa shape index (κ1) is 15.8. The Morgan fingerprint density at radius 3 is 2.58 bits per heavy atom. The van der Waals surface area contributed by atoms with E-state index in [0.717, 1.165) is 5.56 Å². The predicted octanol–water partition coefficient (Wildman–Crippen LogP) is 2.53. The maximum atomic E-state index is 13.5. The summed E-state index contributed by atoms with van der Waals surface area (Å²) in [5.74, 6) is -1.13. The van der Waals surface area contributed by atoms with E-state index in [-0.39, 0.29) is 23.9 Å². The van der Waals surface area contributed by atoms with Gasteiger partial charge in [-0.15, -0.1) is 5.10 Å². The highest BCUT2D eigenvalue weighted by Crippen LogP contribution is 2.07. The monoisotopic (exact) mass is 328 g/mol. The highest BCUT2D eigenvalue weighted by atomic mass is 19.1. The largest absolute Gasteiger partial charge is 0.346 e. The molecule has 24 heavy (non-hydrogen) atoms.